The van der Waals surface area contributed by atoms with Gasteiger partial charge in [-0.05, 0) is 0 Å². The number of likely N-dealkylation sites (N-methyl/N-ethyl adjacent to an activating group) is 1. The molecule has 2 aliphatic heterocycles. The molecule has 0 unspecified atom stereocenters. The molecule has 0 aromatic rings. The Balaban J connectivity index is 1.89. The Morgan fingerprint density at radius 1 is 1.42 bits per heavy atom. The Bertz CT molecular complexity index is 191. The Hall–Kier alpha value is -0.610. The number of rotatable bonds is 1. The first-order chi connectivity index (χ1) is 5.77. The van der Waals surface area contributed by atoms with E-state index in [4.69, 9.17) is 0 Å². The molecule has 0 aromatic heterocycles. The van der Waals surface area contributed by atoms with Gasteiger partial charge in [0.25, 0.3) is 0 Å². The van der Waals surface area contributed by atoms with E-state index >= 15 is 0 Å². The summed E-state index contributed by atoms with van der Waals surface area (Å²) in [5, 5.41) is 3.22. The average Bonchev–Trinajstić information content (AvgIpc) is 1.93. The van der Waals surface area contributed by atoms with E-state index in [-0.39, 0.29) is 5.91 Å². The van der Waals surface area contributed by atoms with E-state index in [1.165, 1.54) is 0 Å². The van der Waals surface area contributed by atoms with Crippen molar-refractivity contribution in [1.29, 1.82) is 0 Å². The number of nitrogens with zero attached hydrogens (tertiary/aromatic N) is 2. The minimum absolute atomic E-state index is 0.258. The molecule has 1 N–H and O–H groups in total. The van der Waals surface area contributed by atoms with E-state index in [9.17, 15) is 4.79 Å². The fourth-order valence-electron chi connectivity index (χ4n) is 1.62. The minimum Gasteiger partial charge on any atom is -0.343 e. The zero-order valence-corrected chi connectivity index (χ0v) is 7.42. The van der Waals surface area contributed by atoms with Crippen LogP contribution in [0, 0.1) is 0 Å². The smallest absolute Gasteiger partial charge is 0.236 e. The van der Waals surface area contributed by atoms with Crippen molar-refractivity contribution in [3.63, 3.8) is 0 Å². The van der Waals surface area contributed by atoms with Crippen LogP contribution in [0.25, 0.3) is 0 Å². The molecule has 68 valence electrons. The summed E-state index contributed by atoms with van der Waals surface area (Å²) in [6.07, 6.45) is 0. The molecule has 2 aliphatic rings. The molecule has 0 radical (unpaired) electrons. The summed E-state index contributed by atoms with van der Waals surface area (Å²) >= 11 is 0. The van der Waals surface area contributed by atoms with Gasteiger partial charge in [0, 0.05) is 39.3 Å². The second-order valence-electron chi connectivity index (χ2n) is 3.60. The van der Waals surface area contributed by atoms with E-state index in [0.29, 0.717) is 12.6 Å². The summed E-state index contributed by atoms with van der Waals surface area (Å²) in [5.41, 5.74) is 0. The van der Waals surface area contributed by atoms with Gasteiger partial charge < -0.3 is 10.2 Å². The second-order valence-corrected chi connectivity index (χ2v) is 3.60. The van der Waals surface area contributed by atoms with Crippen LogP contribution in [0.4, 0.5) is 0 Å². The topological polar surface area (TPSA) is 35.6 Å². The third-order valence-corrected chi connectivity index (χ3v) is 2.76. The molecule has 0 aromatic carbocycles. The normalized spacial score (nSPS) is 27.4. The summed E-state index contributed by atoms with van der Waals surface area (Å²) in [6, 6.07) is 0.614. The van der Waals surface area contributed by atoms with E-state index in [0.717, 1.165) is 26.2 Å². The Morgan fingerprint density at radius 2 is 2.17 bits per heavy atom. The van der Waals surface area contributed by atoms with Gasteiger partial charge in [-0.1, -0.05) is 0 Å². The highest BCUT2D eigenvalue weighted by Gasteiger charge is 2.29. The summed E-state index contributed by atoms with van der Waals surface area (Å²) in [5.74, 6) is 0.258. The fourth-order valence-corrected chi connectivity index (χ4v) is 1.62. The van der Waals surface area contributed by atoms with Gasteiger partial charge in [0.15, 0.2) is 0 Å². The van der Waals surface area contributed by atoms with Crippen LogP contribution in [0.15, 0.2) is 0 Å². The second kappa shape index (κ2) is 3.03. The first kappa shape index (κ1) is 8.01. The lowest BCUT2D eigenvalue weighted by Gasteiger charge is -2.41. The number of piperazine rings is 1. The highest BCUT2D eigenvalue weighted by atomic mass is 16.2. The lowest BCUT2D eigenvalue weighted by Crippen LogP contribution is -2.62. The van der Waals surface area contributed by atoms with Crippen LogP contribution in [0.3, 0.4) is 0 Å². The Kier molecular flexibility index (Phi) is 2.02. The molecule has 4 nitrogen and oxygen atoms in total. The van der Waals surface area contributed by atoms with Gasteiger partial charge in [0.1, 0.15) is 0 Å². The maximum absolute atomic E-state index is 11.3. The van der Waals surface area contributed by atoms with Gasteiger partial charge in [-0.2, -0.15) is 0 Å². The first-order valence-electron chi connectivity index (χ1n) is 4.46. The van der Waals surface area contributed by atoms with Crippen molar-refractivity contribution in [2.24, 2.45) is 0 Å². The molecule has 2 saturated heterocycles. The summed E-state index contributed by atoms with van der Waals surface area (Å²) in [6.45, 7) is 4.64. The van der Waals surface area contributed by atoms with Gasteiger partial charge in [0.05, 0.1) is 6.54 Å². The van der Waals surface area contributed by atoms with Crippen LogP contribution in [0.1, 0.15) is 0 Å². The molecule has 2 heterocycles. The Labute approximate surface area is 72.5 Å². The SMILES string of the molecule is CN1CCN(C2CNC2)CC1=O. The van der Waals surface area contributed by atoms with Gasteiger partial charge >= 0.3 is 0 Å². The number of carbonyl (C=O) groups excluding carboxylic acids is 1. The van der Waals surface area contributed by atoms with Gasteiger partial charge in [-0.25, -0.2) is 0 Å². The summed E-state index contributed by atoms with van der Waals surface area (Å²) in [7, 11) is 1.87. The summed E-state index contributed by atoms with van der Waals surface area (Å²) < 4.78 is 0. The van der Waals surface area contributed by atoms with Crippen LogP contribution in [-0.4, -0.2) is 61.5 Å². The van der Waals surface area contributed by atoms with Crippen molar-refractivity contribution in [3.8, 4) is 0 Å². The molecule has 0 saturated carbocycles. The Morgan fingerprint density at radius 3 is 2.67 bits per heavy atom. The van der Waals surface area contributed by atoms with Crippen LogP contribution in [0.2, 0.25) is 0 Å². The fraction of sp³-hybridized carbons (Fsp3) is 0.875. The molecule has 2 fully saturated rings. The number of carbonyl (C=O) groups is 1. The van der Waals surface area contributed by atoms with Gasteiger partial charge in [-0.15, -0.1) is 0 Å². The van der Waals surface area contributed by atoms with E-state index in [2.05, 4.69) is 10.2 Å². The number of nitrogens with one attached hydrogen (secondary N) is 1. The summed E-state index contributed by atoms with van der Waals surface area (Å²) in [4.78, 5) is 15.4. The van der Waals surface area contributed by atoms with Crippen molar-refractivity contribution >= 4 is 5.91 Å². The van der Waals surface area contributed by atoms with Crippen LogP contribution in [-0.2, 0) is 4.79 Å². The zero-order chi connectivity index (χ0) is 8.55. The molecule has 0 bridgehead atoms. The van der Waals surface area contributed by atoms with Gasteiger partial charge in [0.2, 0.25) is 5.91 Å². The van der Waals surface area contributed by atoms with Crippen molar-refractivity contribution in [1.82, 2.24) is 15.1 Å². The lowest BCUT2D eigenvalue weighted by atomic mass is 10.1. The van der Waals surface area contributed by atoms with Crippen LogP contribution < -0.4 is 5.32 Å². The maximum Gasteiger partial charge on any atom is 0.236 e. The molecule has 0 aliphatic carbocycles. The molecule has 0 spiro atoms. The molecule has 2 rings (SSSR count). The third kappa shape index (κ3) is 1.32. The van der Waals surface area contributed by atoms with Crippen LogP contribution >= 0.6 is 0 Å². The van der Waals surface area contributed by atoms with Crippen molar-refractivity contribution in [2.75, 3.05) is 39.8 Å². The van der Waals surface area contributed by atoms with Crippen molar-refractivity contribution in [3.05, 3.63) is 0 Å². The van der Waals surface area contributed by atoms with E-state index in [1.54, 1.807) is 0 Å². The number of hydrogen-bond acceptors (Lipinski definition) is 3. The number of amides is 1. The molecule has 1 amide bonds. The van der Waals surface area contributed by atoms with E-state index in [1.807, 2.05) is 11.9 Å². The minimum atomic E-state index is 0.258. The molecular weight excluding hydrogens is 154 g/mol. The lowest BCUT2D eigenvalue weighted by molar-refractivity contribution is -0.135. The largest absolute Gasteiger partial charge is 0.343 e. The van der Waals surface area contributed by atoms with Crippen LogP contribution in [0.5, 0.6) is 0 Å². The maximum atomic E-state index is 11.3. The molecule has 12 heavy (non-hydrogen) atoms. The third-order valence-electron chi connectivity index (χ3n) is 2.76. The van der Waals surface area contributed by atoms with Crippen molar-refractivity contribution < 1.29 is 4.79 Å². The quantitative estimate of drug-likeness (QED) is 0.532. The van der Waals surface area contributed by atoms with Gasteiger partial charge in [-0.3, -0.25) is 9.69 Å². The number of hydrogen-bond donors (Lipinski definition) is 1. The monoisotopic (exact) mass is 169 g/mol. The highest BCUT2D eigenvalue weighted by Crippen LogP contribution is 2.08. The molecular formula is C8H15N3O. The van der Waals surface area contributed by atoms with E-state index < -0.39 is 0 Å². The standard InChI is InChI=1S/C8H15N3O/c1-10-2-3-11(6-8(10)12)7-4-9-5-7/h7,9H,2-6H2,1H3. The molecule has 0 atom stereocenters. The van der Waals surface area contributed by atoms with Crippen molar-refractivity contribution in [2.45, 2.75) is 6.04 Å². The zero-order valence-electron chi connectivity index (χ0n) is 7.42. The molecule has 4 heteroatoms. The highest BCUT2D eigenvalue weighted by molar-refractivity contribution is 5.78. The predicted octanol–water partition coefficient (Wildman–Crippen LogP) is -1.27. The first-order valence-corrected chi connectivity index (χ1v) is 4.46. The predicted molar refractivity (Wildman–Crippen MR) is 45.9 cm³/mol. The average molecular weight is 169 g/mol.